The summed E-state index contributed by atoms with van der Waals surface area (Å²) in [6.07, 6.45) is 0. The number of hydrogen-bond donors (Lipinski definition) is 2. The Labute approximate surface area is 66.4 Å². The zero-order valence-corrected chi connectivity index (χ0v) is 5.85. The Morgan fingerprint density at radius 2 is 1.92 bits per heavy atom. The van der Waals surface area contributed by atoms with Crippen LogP contribution in [0.3, 0.4) is 0 Å². The first-order valence-corrected chi connectivity index (χ1v) is 2.92. The molecule has 1 aliphatic heterocycles. The number of nitrogens with two attached hydrogens (primary N) is 1. The van der Waals surface area contributed by atoms with Gasteiger partial charge in [-0.05, 0) is 0 Å². The summed E-state index contributed by atoms with van der Waals surface area (Å²) in [7, 11) is 0. The number of urea groups is 2. The van der Waals surface area contributed by atoms with Crippen LogP contribution in [0.4, 0.5) is 9.59 Å². The SMILES string of the molecule is NNC(=O)CN1C(=O)N=NC1=O. The van der Waals surface area contributed by atoms with E-state index in [4.69, 9.17) is 5.84 Å². The number of carbonyl (C=O) groups excluding carboxylic acids is 3. The van der Waals surface area contributed by atoms with Gasteiger partial charge in [-0.2, -0.15) is 0 Å². The third kappa shape index (κ3) is 1.42. The van der Waals surface area contributed by atoms with E-state index >= 15 is 0 Å². The van der Waals surface area contributed by atoms with Gasteiger partial charge in [-0.15, -0.1) is 0 Å². The molecule has 8 nitrogen and oxygen atoms in total. The normalized spacial score (nSPS) is 15.6. The van der Waals surface area contributed by atoms with E-state index in [0.717, 1.165) is 0 Å². The molecule has 0 spiro atoms. The number of nitrogens with one attached hydrogen (secondary N) is 1. The fraction of sp³-hybridized carbons (Fsp3) is 0.250. The third-order valence-corrected chi connectivity index (χ3v) is 1.15. The molecule has 8 heteroatoms. The molecule has 0 atom stereocenters. The fourth-order valence-corrected chi connectivity index (χ4v) is 0.600. The molecule has 0 fully saturated rings. The van der Waals surface area contributed by atoms with Crippen molar-refractivity contribution in [2.45, 2.75) is 0 Å². The van der Waals surface area contributed by atoms with Gasteiger partial charge < -0.3 is 0 Å². The van der Waals surface area contributed by atoms with Crippen LogP contribution in [0.25, 0.3) is 0 Å². The van der Waals surface area contributed by atoms with Gasteiger partial charge >= 0.3 is 12.1 Å². The average Bonchev–Trinajstić information content (AvgIpc) is 2.35. The molecular weight excluding hydrogens is 166 g/mol. The number of hydrogen-bond acceptors (Lipinski definition) is 4. The Hall–Kier alpha value is -1.83. The molecule has 0 radical (unpaired) electrons. The monoisotopic (exact) mass is 171 g/mol. The first-order valence-electron chi connectivity index (χ1n) is 2.92. The molecule has 0 aromatic heterocycles. The predicted molar refractivity (Wildman–Crippen MR) is 34.7 cm³/mol. The van der Waals surface area contributed by atoms with E-state index in [1.807, 2.05) is 0 Å². The number of azo groups is 1. The molecule has 5 amide bonds. The summed E-state index contributed by atoms with van der Waals surface area (Å²) < 4.78 is 0. The summed E-state index contributed by atoms with van der Waals surface area (Å²) in [5, 5.41) is 5.86. The zero-order chi connectivity index (χ0) is 9.14. The van der Waals surface area contributed by atoms with Crippen molar-refractivity contribution in [3.8, 4) is 0 Å². The summed E-state index contributed by atoms with van der Waals surface area (Å²) in [6.45, 7) is -0.457. The largest absolute Gasteiger partial charge is 0.371 e. The minimum Gasteiger partial charge on any atom is -0.293 e. The van der Waals surface area contributed by atoms with E-state index in [0.29, 0.717) is 4.90 Å². The van der Waals surface area contributed by atoms with Gasteiger partial charge in [0.05, 0.1) is 0 Å². The van der Waals surface area contributed by atoms with Crippen molar-refractivity contribution < 1.29 is 14.4 Å². The van der Waals surface area contributed by atoms with Gasteiger partial charge in [0, 0.05) is 0 Å². The first-order chi connectivity index (χ1) is 5.65. The lowest BCUT2D eigenvalue weighted by molar-refractivity contribution is -0.121. The van der Waals surface area contributed by atoms with Crippen LogP contribution in [-0.4, -0.2) is 29.4 Å². The standard InChI is InChI=1S/C4H5N5O3/c5-6-2(10)1-9-3(11)7-8-4(9)12/h1,5H2,(H,6,10). The minimum atomic E-state index is -0.858. The van der Waals surface area contributed by atoms with Crippen molar-refractivity contribution in [1.29, 1.82) is 0 Å². The molecule has 0 aliphatic carbocycles. The van der Waals surface area contributed by atoms with Crippen molar-refractivity contribution in [1.82, 2.24) is 10.3 Å². The lowest BCUT2D eigenvalue weighted by atomic mass is 10.5. The lowest BCUT2D eigenvalue weighted by Gasteiger charge is -2.07. The second-order valence-corrected chi connectivity index (χ2v) is 1.92. The maximum Gasteiger partial charge on any atom is 0.371 e. The van der Waals surface area contributed by atoms with E-state index in [9.17, 15) is 14.4 Å². The van der Waals surface area contributed by atoms with E-state index in [2.05, 4.69) is 10.2 Å². The van der Waals surface area contributed by atoms with Crippen molar-refractivity contribution in [3.05, 3.63) is 0 Å². The molecule has 1 rings (SSSR count). The average molecular weight is 171 g/mol. The molecule has 0 saturated carbocycles. The third-order valence-electron chi connectivity index (χ3n) is 1.15. The van der Waals surface area contributed by atoms with E-state index < -0.39 is 24.5 Å². The summed E-state index contributed by atoms with van der Waals surface area (Å²) in [4.78, 5) is 32.5. The van der Waals surface area contributed by atoms with Crippen molar-refractivity contribution in [3.63, 3.8) is 0 Å². The number of rotatable bonds is 2. The minimum absolute atomic E-state index is 0.457. The Balaban J connectivity index is 2.59. The molecule has 0 unspecified atom stereocenters. The number of nitrogens with zero attached hydrogens (tertiary/aromatic N) is 3. The second kappa shape index (κ2) is 3.05. The van der Waals surface area contributed by atoms with Gasteiger partial charge in [-0.25, -0.2) is 20.3 Å². The molecule has 1 aliphatic rings. The van der Waals surface area contributed by atoms with E-state index in [1.54, 1.807) is 5.43 Å². The van der Waals surface area contributed by atoms with Crippen LogP contribution in [0.2, 0.25) is 0 Å². The predicted octanol–water partition coefficient (Wildman–Crippen LogP) is -1.02. The Kier molecular flexibility index (Phi) is 2.10. The van der Waals surface area contributed by atoms with Crippen molar-refractivity contribution in [2.75, 3.05) is 6.54 Å². The van der Waals surface area contributed by atoms with Gasteiger partial charge in [-0.3, -0.25) is 10.2 Å². The Morgan fingerprint density at radius 1 is 1.42 bits per heavy atom. The Morgan fingerprint density at radius 3 is 2.33 bits per heavy atom. The van der Waals surface area contributed by atoms with Crippen LogP contribution in [0.1, 0.15) is 0 Å². The van der Waals surface area contributed by atoms with Crippen LogP contribution < -0.4 is 11.3 Å². The van der Waals surface area contributed by atoms with Crippen molar-refractivity contribution >= 4 is 18.0 Å². The number of amides is 5. The fourth-order valence-electron chi connectivity index (χ4n) is 0.600. The lowest BCUT2D eigenvalue weighted by Crippen LogP contribution is -2.42. The molecular formula is C4H5N5O3. The van der Waals surface area contributed by atoms with Gasteiger partial charge in [0.15, 0.2) is 0 Å². The van der Waals surface area contributed by atoms with E-state index in [1.165, 1.54) is 0 Å². The van der Waals surface area contributed by atoms with Crippen LogP contribution in [-0.2, 0) is 4.79 Å². The van der Waals surface area contributed by atoms with Gasteiger partial charge in [0.1, 0.15) is 6.54 Å². The molecule has 1 heterocycles. The number of hydrazine groups is 1. The maximum atomic E-state index is 10.7. The first kappa shape index (κ1) is 8.27. The smallest absolute Gasteiger partial charge is 0.293 e. The highest BCUT2D eigenvalue weighted by molar-refractivity contribution is 6.01. The quantitative estimate of drug-likeness (QED) is 0.314. The number of carbonyl (C=O) groups is 3. The summed E-state index contributed by atoms with van der Waals surface area (Å²) in [6, 6.07) is -1.72. The highest BCUT2D eigenvalue weighted by atomic mass is 16.2. The van der Waals surface area contributed by atoms with E-state index in [-0.39, 0.29) is 0 Å². The van der Waals surface area contributed by atoms with Crippen molar-refractivity contribution in [2.24, 2.45) is 16.1 Å². The van der Waals surface area contributed by atoms with Gasteiger partial charge in [0.2, 0.25) is 0 Å². The van der Waals surface area contributed by atoms with Gasteiger partial charge in [0.25, 0.3) is 5.91 Å². The highest BCUT2D eigenvalue weighted by Gasteiger charge is 2.28. The summed E-state index contributed by atoms with van der Waals surface area (Å²) >= 11 is 0. The van der Waals surface area contributed by atoms with Crippen LogP contribution in [0.5, 0.6) is 0 Å². The molecule has 0 aromatic carbocycles. The highest BCUT2D eigenvalue weighted by Crippen LogP contribution is 2.05. The van der Waals surface area contributed by atoms with Crippen LogP contribution >= 0.6 is 0 Å². The molecule has 0 aromatic rings. The molecule has 0 bridgehead atoms. The molecule has 64 valence electrons. The summed E-state index contributed by atoms with van der Waals surface area (Å²) in [5.74, 6) is 4.07. The zero-order valence-electron chi connectivity index (χ0n) is 5.85. The molecule has 12 heavy (non-hydrogen) atoms. The molecule has 0 saturated heterocycles. The van der Waals surface area contributed by atoms with Crippen LogP contribution in [0.15, 0.2) is 10.2 Å². The van der Waals surface area contributed by atoms with Gasteiger partial charge in [-0.1, -0.05) is 10.2 Å². The number of imide groups is 1. The Bertz CT molecular complexity index is 254. The molecule has 3 N–H and O–H groups in total. The van der Waals surface area contributed by atoms with Crippen LogP contribution in [0, 0.1) is 0 Å². The topological polar surface area (TPSA) is 117 Å². The maximum absolute atomic E-state index is 10.7. The second-order valence-electron chi connectivity index (χ2n) is 1.92. The summed E-state index contributed by atoms with van der Waals surface area (Å²) in [5.41, 5.74) is 1.76.